The van der Waals surface area contributed by atoms with Crippen LogP contribution >= 0.6 is 0 Å². The molecule has 1 aromatic rings. The van der Waals surface area contributed by atoms with Gasteiger partial charge in [-0.05, 0) is 31.0 Å². The molecule has 0 radical (unpaired) electrons. The van der Waals surface area contributed by atoms with Gasteiger partial charge in [0.1, 0.15) is 5.82 Å². The lowest BCUT2D eigenvalue weighted by Crippen LogP contribution is -2.49. The summed E-state index contributed by atoms with van der Waals surface area (Å²) in [5.74, 6) is -0.142. The van der Waals surface area contributed by atoms with E-state index in [0.29, 0.717) is 12.1 Å². The fourth-order valence-electron chi connectivity index (χ4n) is 2.51. The van der Waals surface area contributed by atoms with Crippen LogP contribution in [0.25, 0.3) is 0 Å². The van der Waals surface area contributed by atoms with Crippen LogP contribution in [0.3, 0.4) is 0 Å². The second kappa shape index (κ2) is 5.61. The van der Waals surface area contributed by atoms with E-state index >= 15 is 0 Å². The van der Waals surface area contributed by atoms with E-state index in [0.717, 1.165) is 31.6 Å². The van der Waals surface area contributed by atoms with E-state index in [4.69, 9.17) is 0 Å². The first kappa shape index (κ1) is 12.5. The molecule has 1 aliphatic rings. The van der Waals surface area contributed by atoms with Gasteiger partial charge in [0, 0.05) is 31.7 Å². The molecule has 1 unspecified atom stereocenters. The van der Waals surface area contributed by atoms with Crippen LogP contribution in [0.1, 0.15) is 31.9 Å². The summed E-state index contributed by atoms with van der Waals surface area (Å²) in [6.07, 6.45) is 1.13. The molecule has 0 aromatic heterocycles. The molecule has 2 atom stereocenters. The van der Waals surface area contributed by atoms with E-state index in [9.17, 15) is 4.39 Å². The molecule has 3 heteroatoms. The molecular formula is C14H21FN2. The van der Waals surface area contributed by atoms with Crippen molar-refractivity contribution in [1.29, 1.82) is 0 Å². The Balaban J connectivity index is 2.21. The van der Waals surface area contributed by atoms with E-state index in [1.807, 2.05) is 6.07 Å². The lowest BCUT2D eigenvalue weighted by atomic mass is 10.0. The molecule has 1 heterocycles. The van der Waals surface area contributed by atoms with Gasteiger partial charge >= 0.3 is 0 Å². The second-order valence-electron chi connectivity index (χ2n) is 4.77. The number of nitrogens with one attached hydrogen (secondary N) is 1. The van der Waals surface area contributed by atoms with E-state index < -0.39 is 0 Å². The van der Waals surface area contributed by atoms with Crippen molar-refractivity contribution in [1.82, 2.24) is 10.2 Å². The monoisotopic (exact) mass is 236 g/mol. The predicted molar refractivity (Wildman–Crippen MR) is 68.5 cm³/mol. The zero-order valence-corrected chi connectivity index (χ0v) is 10.6. The molecule has 1 saturated heterocycles. The van der Waals surface area contributed by atoms with Gasteiger partial charge in [0.25, 0.3) is 0 Å². The fraction of sp³-hybridized carbons (Fsp3) is 0.571. The van der Waals surface area contributed by atoms with Crippen molar-refractivity contribution in [2.75, 3.05) is 19.6 Å². The van der Waals surface area contributed by atoms with Gasteiger partial charge in [-0.2, -0.15) is 0 Å². The fourth-order valence-corrected chi connectivity index (χ4v) is 2.51. The normalized spacial score (nSPS) is 23.6. The standard InChI is InChI=1S/C14H21FN2/c1-3-11(2)17-8-7-16-10-14(17)12-5-4-6-13(15)9-12/h4-6,9,11,14,16H,3,7-8,10H2,1-2H3/t11-,14?/m0/s1. The van der Waals surface area contributed by atoms with Gasteiger partial charge in [-0.25, -0.2) is 4.39 Å². The molecule has 0 saturated carbocycles. The van der Waals surface area contributed by atoms with E-state index in [1.165, 1.54) is 6.07 Å². The number of hydrogen-bond acceptors (Lipinski definition) is 2. The summed E-state index contributed by atoms with van der Waals surface area (Å²) in [7, 11) is 0. The number of hydrogen-bond donors (Lipinski definition) is 1. The van der Waals surface area contributed by atoms with Crippen LogP contribution in [-0.4, -0.2) is 30.6 Å². The van der Waals surface area contributed by atoms with E-state index in [-0.39, 0.29) is 5.82 Å². The van der Waals surface area contributed by atoms with Crippen molar-refractivity contribution < 1.29 is 4.39 Å². The van der Waals surface area contributed by atoms with Crippen molar-refractivity contribution in [3.05, 3.63) is 35.6 Å². The smallest absolute Gasteiger partial charge is 0.123 e. The maximum Gasteiger partial charge on any atom is 0.123 e. The van der Waals surface area contributed by atoms with Crippen molar-refractivity contribution >= 4 is 0 Å². The highest BCUT2D eigenvalue weighted by molar-refractivity contribution is 5.21. The summed E-state index contributed by atoms with van der Waals surface area (Å²) in [5.41, 5.74) is 1.08. The summed E-state index contributed by atoms with van der Waals surface area (Å²) in [6, 6.07) is 7.84. The summed E-state index contributed by atoms with van der Waals surface area (Å²) >= 11 is 0. The van der Waals surface area contributed by atoms with Crippen LogP contribution < -0.4 is 5.32 Å². The van der Waals surface area contributed by atoms with E-state index in [2.05, 4.69) is 24.1 Å². The van der Waals surface area contributed by atoms with Crippen molar-refractivity contribution in [3.8, 4) is 0 Å². The minimum atomic E-state index is -0.142. The van der Waals surface area contributed by atoms with Gasteiger partial charge in [-0.3, -0.25) is 4.90 Å². The Hall–Kier alpha value is -0.930. The Morgan fingerprint density at radius 3 is 3.06 bits per heavy atom. The third kappa shape index (κ3) is 2.85. The summed E-state index contributed by atoms with van der Waals surface area (Å²) in [6.45, 7) is 7.42. The molecule has 0 bridgehead atoms. The number of benzene rings is 1. The second-order valence-corrected chi connectivity index (χ2v) is 4.77. The van der Waals surface area contributed by atoms with Gasteiger partial charge in [0.2, 0.25) is 0 Å². The van der Waals surface area contributed by atoms with Crippen LogP contribution in [0.15, 0.2) is 24.3 Å². The molecule has 17 heavy (non-hydrogen) atoms. The van der Waals surface area contributed by atoms with E-state index in [1.54, 1.807) is 12.1 Å². The minimum absolute atomic E-state index is 0.142. The Morgan fingerprint density at radius 2 is 2.35 bits per heavy atom. The first-order chi connectivity index (χ1) is 8.22. The van der Waals surface area contributed by atoms with Crippen LogP contribution in [0.4, 0.5) is 4.39 Å². The van der Waals surface area contributed by atoms with Crippen LogP contribution in [-0.2, 0) is 0 Å². The SMILES string of the molecule is CC[C@H](C)N1CCNCC1c1cccc(F)c1. The molecule has 0 spiro atoms. The third-order valence-electron chi connectivity index (χ3n) is 3.68. The third-order valence-corrected chi connectivity index (χ3v) is 3.68. The number of nitrogens with zero attached hydrogens (tertiary/aromatic N) is 1. The molecule has 0 amide bonds. The van der Waals surface area contributed by atoms with Gasteiger partial charge < -0.3 is 5.32 Å². The van der Waals surface area contributed by atoms with Gasteiger partial charge in [-0.1, -0.05) is 19.1 Å². The van der Waals surface area contributed by atoms with Crippen molar-refractivity contribution in [2.45, 2.75) is 32.4 Å². The van der Waals surface area contributed by atoms with Gasteiger partial charge in [-0.15, -0.1) is 0 Å². The average Bonchev–Trinajstić information content (AvgIpc) is 2.38. The van der Waals surface area contributed by atoms with Gasteiger partial charge in [0.05, 0.1) is 0 Å². The number of piperazine rings is 1. The number of rotatable bonds is 3. The Labute approximate surface area is 103 Å². The minimum Gasteiger partial charge on any atom is -0.314 e. The van der Waals surface area contributed by atoms with Crippen LogP contribution in [0, 0.1) is 5.82 Å². The maximum absolute atomic E-state index is 13.3. The molecule has 0 aliphatic carbocycles. The summed E-state index contributed by atoms with van der Waals surface area (Å²) in [5, 5.41) is 3.40. The topological polar surface area (TPSA) is 15.3 Å². The largest absolute Gasteiger partial charge is 0.314 e. The maximum atomic E-state index is 13.3. The first-order valence-corrected chi connectivity index (χ1v) is 6.44. The van der Waals surface area contributed by atoms with Crippen molar-refractivity contribution in [3.63, 3.8) is 0 Å². The highest BCUT2D eigenvalue weighted by Gasteiger charge is 2.26. The summed E-state index contributed by atoms with van der Waals surface area (Å²) < 4.78 is 13.3. The van der Waals surface area contributed by atoms with Gasteiger partial charge in [0.15, 0.2) is 0 Å². The highest BCUT2D eigenvalue weighted by atomic mass is 19.1. The quantitative estimate of drug-likeness (QED) is 0.867. The lowest BCUT2D eigenvalue weighted by Gasteiger charge is -2.40. The molecular weight excluding hydrogens is 215 g/mol. The molecule has 1 aromatic carbocycles. The first-order valence-electron chi connectivity index (χ1n) is 6.44. The molecule has 1 aliphatic heterocycles. The molecule has 94 valence electrons. The average molecular weight is 236 g/mol. The molecule has 1 N–H and O–H groups in total. The van der Waals surface area contributed by atoms with Crippen molar-refractivity contribution in [2.24, 2.45) is 0 Å². The highest BCUT2D eigenvalue weighted by Crippen LogP contribution is 2.25. The Bertz CT molecular complexity index is 367. The predicted octanol–water partition coefficient (Wildman–Crippen LogP) is 2.57. The zero-order chi connectivity index (χ0) is 12.3. The van der Waals surface area contributed by atoms with Crippen LogP contribution in [0.2, 0.25) is 0 Å². The molecule has 2 nitrogen and oxygen atoms in total. The lowest BCUT2D eigenvalue weighted by molar-refractivity contribution is 0.112. The number of halogens is 1. The summed E-state index contributed by atoms with van der Waals surface area (Å²) in [4.78, 5) is 2.48. The Morgan fingerprint density at radius 1 is 1.53 bits per heavy atom. The van der Waals surface area contributed by atoms with Crippen LogP contribution in [0.5, 0.6) is 0 Å². The molecule has 2 rings (SSSR count). The molecule has 1 fully saturated rings. The Kier molecular flexibility index (Phi) is 4.13. The zero-order valence-electron chi connectivity index (χ0n) is 10.6.